The van der Waals surface area contributed by atoms with E-state index >= 15 is 0 Å². The molecule has 0 saturated heterocycles. The van der Waals surface area contributed by atoms with Crippen LogP contribution in [0.1, 0.15) is 44.9 Å². The molecule has 0 amide bonds. The molecule has 0 aromatic heterocycles. The topological polar surface area (TPSA) is 20.2 Å². The third-order valence-corrected chi connectivity index (χ3v) is 3.64. The Kier molecular flexibility index (Phi) is 1.99. The number of rotatable bonds is 0. The zero-order valence-electron chi connectivity index (χ0n) is 7.68. The van der Waals surface area contributed by atoms with Gasteiger partial charge in [0.25, 0.3) is 0 Å². The van der Waals surface area contributed by atoms with Crippen LogP contribution in [0.3, 0.4) is 0 Å². The Balaban J connectivity index is 2.13. The van der Waals surface area contributed by atoms with E-state index in [1.54, 1.807) is 0 Å². The zero-order chi connectivity index (χ0) is 8.60. The van der Waals surface area contributed by atoms with Crippen molar-refractivity contribution >= 4 is 0 Å². The fraction of sp³-hybridized carbons (Fsp3) is 0.818. The first-order chi connectivity index (χ1) is 5.73. The van der Waals surface area contributed by atoms with Crippen molar-refractivity contribution in [2.75, 3.05) is 0 Å². The van der Waals surface area contributed by atoms with E-state index in [-0.39, 0.29) is 11.5 Å². The molecule has 2 rings (SSSR count). The molecule has 0 heterocycles. The van der Waals surface area contributed by atoms with Gasteiger partial charge in [-0.3, -0.25) is 0 Å². The summed E-state index contributed by atoms with van der Waals surface area (Å²) in [5.41, 5.74) is 1.53. The summed E-state index contributed by atoms with van der Waals surface area (Å²) in [4.78, 5) is 0. The molecule has 2 fully saturated rings. The lowest BCUT2D eigenvalue weighted by Gasteiger charge is -2.36. The van der Waals surface area contributed by atoms with E-state index in [1.807, 2.05) is 0 Å². The van der Waals surface area contributed by atoms with Gasteiger partial charge in [-0.15, -0.1) is 0 Å². The van der Waals surface area contributed by atoms with Crippen LogP contribution in [0.4, 0.5) is 0 Å². The summed E-state index contributed by atoms with van der Waals surface area (Å²) in [5, 5.41) is 9.91. The third-order valence-electron chi connectivity index (χ3n) is 3.64. The van der Waals surface area contributed by atoms with Gasteiger partial charge in [-0.25, -0.2) is 0 Å². The SMILES string of the molecule is C=C1CC(O)C2(CCCCC2)C1. The molecule has 2 aliphatic carbocycles. The molecule has 68 valence electrons. The second-order valence-corrected chi connectivity index (χ2v) is 4.57. The molecule has 1 nitrogen and oxygen atoms in total. The highest BCUT2D eigenvalue weighted by Gasteiger charge is 2.43. The first-order valence-corrected chi connectivity index (χ1v) is 5.08. The van der Waals surface area contributed by atoms with E-state index in [0.29, 0.717) is 0 Å². The van der Waals surface area contributed by atoms with Gasteiger partial charge in [0.1, 0.15) is 0 Å². The summed E-state index contributed by atoms with van der Waals surface area (Å²) in [6, 6.07) is 0. The maximum Gasteiger partial charge on any atom is 0.0636 e. The molecule has 1 unspecified atom stereocenters. The van der Waals surface area contributed by atoms with Gasteiger partial charge in [-0.05, 0) is 25.7 Å². The minimum Gasteiger partial charge on any atom is -0.392 e. The van der Waals surface area contributed by atoms with Crippen LogP contribution in [0.2, 0.25) is 0 Å². The summed E-state index contributed by atoms with van der Waals surface area (Å²) in [6.07, 6.45) is 8.31. The molecule has 2 aliphatic rings. The largest absolute Gasteiger partial charge is 0.392 e. The molecule has 1 spiro atoms. The summed E-state index contributed by atoms with van der Waals surface area (Å²) in [5.74, 6) is 0. The van der Waals surface area contributed by atoms with Crippen molar-refractivity contribution in [2.45, 2.75) is 51.0 Å². The number of hydrogen-bond acceptors (Lipinski definition) is 1. The van der Waals surface area contributed by atoms with Crippen LogP contribution >= 0.6 is 0 Å². The van der Waals surface area contributed by atoms with Gasteiger partial charge in [0.15, 0.2) is 0 Å². The third kappa shape index (κ3) is 1.20. The van der Waals surface area contributed by atoms with Gasteiger partial charge in [0.05, 0.1) is 6.10 Å². The quantitative estimate of drug-likeness (QED) is 0.548. The van der Waals surface area contributed by atoms with Crippen LogP contribution in [-0.2, 0) is 0 Å². The Morgan fingerprint density at radius 1 is 1.25 bits per heavy atom. The van der Waals surface area contributed by atoms with Crippen LogP contribution < -0.4 is 0 Å². The lowest BCUT2D eigenvalue weighted by Crippen LogP contribution is -2.31. The minimum atomic E-state index is -0.0784. The molecular weight excluding hydrogens is 148 g/mol. The first-order valence-electron chi connectivity index (χ1n) is 5.08. The Morgan fingerprint density at radius 2 is 1.92 bits per heavy atom. The van der Waals surface area contributed by atoms with E-state index in [9.17, 15) is 5.11 Å². The Labute approximate surface area is 74.5 Å². The Morgan fingerprint density at radius 3 is 2.42 bits per heavy atom. The van der Waals surface area contributed by atoms with E-state index in [1.165, 1.54) is 37.7 Å². The van der Waals surface area contributed by atoms with Gasteiger partial charge >= 0.3 is 0 Å². The van der Waals surface area contributed by atoms with Crippen molar-refractivity contribution in [3.05, 3.63) is 12.2 Å². The van der Waals surface area contributed by atoms with Crippen LogP contribution in [0.5, 0.6) is 0 Å². The first kappa shape index (κ1) is 8.31. The standard InChI is InChI=1S/C11H18O/c1-9-7-10(12)11(8-9)5-3-2-4-6-11/h10,12H,1-8H2. The molecule has 0 radical (unpaired) electrons. The fourth-order valence-electron chi connectivity index (χ4n) is 2.94. The van der Waals surface area contributed by atoms with E-state index in [4.69, 9.17) is 0 Å². The predicted octanol–water partition coefficient (Wildman–Crippen LogP) is 2.65. The molecular formula is C11H18O. The average molecular weight is 166 g/mol. The van der Waals surface area contributed by atoms with Crippen molar-refractivity contribution in [2.24, 2.45) is 5.41 Å². The van der Waals surface area contributed by atoms with Crippen LogP contribution in [0, 0.1) is 5.41 Å². The fourth-order valence-corrected chi connectivity index (χ4v) is 2.94. The average Bonchev–Trinajstić information content (AvgIpc) is 2.29. The normalized spacial score (nSPS) is 34.4. The highest BCUT2D eigenvalue weighted by Crippen LogP contribution is 2.50. The van der Waals surface area contributed by atoms with E-state index in [0.717, 1.165) is 12.8 Å². The summed E-state index contributed by atoms with van der Waals surface area (Å²) in [6.45, 7) is 3.99. The number of aliphatic hydroxyl groups excluding tert-OH is 1. The van der Waals surface area contributed by atoms with Gasteiger partial charge in [-0.2, -0.15) is 0 Å². The van der Waals surface area contributed by atoms with Crippen molar-refractivity contribution in [3.8, 4) is 0 Å². The van der Waals surface area contributed by atoms with Crippen LogP contribution in [-0.4, -0.2) is 11.2 Å². The second kappa shape index (κ2) is 2.88. The number of aliphatic hydroxyl groups is 1. The molecule has 0 bridgehead atoms. The van der Waals surface area contributed by atoms with Crippen molar-refractivity contribution < 1.29 is 5.11 Å². The van der Waals surface area contributed by atoms with Crippen LogP contribution in [0.15, 0.2) is 12.2 Å². The van der Waals surface area contributed by atoms with Gasteiger partial charge in [-0.1, -0.05) is 31.4 Å². The highest BCUT2D eigenvalue weighted by atomic mass is 16.3. The Bertz CT molecular complexity index is 189. The smallest absolute Gasteiger partial charge is 0.0636 e. The maximum absolute atomic E-state index is 9.91. The molecule has 1 atom stereocenters. The number of hydrogen-bond donors (Lipinski definition) is 1. The van der Waals surface area contributed by atoms with E-state index in [2.05, 4.69) is 6.58 Å². The van der Waals surface area contributed by atoms with Crippen molar-refractivity contribution in [1.82, 2.24) is 0 Å². The predicted molar refractivity (Wildman–Crippen MR) is 49.9 cm³/mol. The lowest BCUT2D eigenvalue weighted by molar-refractivity contribution is 0.0234. The van der Waals surface area contributed by atoms with Gasteiger partial charge in [0.2, 0.25) is 0 Å². The summed E-state index contributed by atoms with van der Waals surface area (Å²) >= 11 is 0. The molecule has 0 aromatic carbocycles. The molecule has 1 N–H and O–H groups in total. The van der Waals surface area contributed by atoms with Gasteiger partial charge in [0, 0.05) is 5.41 Å². The van der Waals surface area contributed by atoms with Crippen LogP contribution in [0.25, 0.3) is 0 Å². The summed E-state index contributed by atoms with van der Waals surface area (Å²) in [7, 11) is 0. The monoisotopic (exact) mass is 166 g/mol. The molecule has 2 saturated carbocycles. The summed E-state index contributed by atoms with van der Waals surface area (Å²) < 4.78 is 0. The highest BCUT2D eigenvalue weighted by molar-refractivity contribution is 5.13. The van der Waals surface area contributed by atoms with Crippen molar-refractivity contribution in [1.29, 1.82) is 0 Å². The zero-order valence-corrected chi connectivity index (χ0v) is 7.68. The van der Waals surface area contributed by atoms with E-state index < -0.39 is 0 Å². The molecule has 12 heavy (non-hydrogen) atoms. The Hall–Kier alpha value is -0.300. The second-order valence-electron chi connectivity index (χ2n) is 4.57. The van der Waals surface area contributed by atoms with Gasteiger partial charge < -0.3 is 5.11 Å². The lowest BCUT2D eigenvalue weighted by atomic mass is 9.71. The molecule has 1 heteroatoms. The molecule has 0 aliphatic heterocycles. The van der Waals surface area contributed by atoms with Crippen molar-refractivity contribution in [3.63, 3.8) is 0 Å². The minimum absolute atomic E-state index is 0.0784. The molecule has 0 aromatic rings. The maximum atomic E-state index is 9.91.